The summed E-state index contributed by atoms with van der Waals surface area (Å²) in [4.78, 5) is 16.0. The molecule has 0 spiro atoms. The topological polar surface area (TPSA) is 70.8 Å². The molecule has 6 heteroatoms. The normalized spacial score (nSPS) is 11.0. The van der Waals surface area contributed by atoms with Gasteiger partial charge in [0, 0.05) is 6.54 Å². The van der Waals surface area contributed by atoms with Crippen LogP contribution in [0, 0.1) is 0 Å². The molecule has 3 N–H and O–H groups in total. The van der Waals surface area contributed by atoms with Gasteiger partial charge in [-0.05, 0) is 52.8 Å². The average molecular weight is 294 g/mol. The molecule has 0 bridgehead atoms. The van der Waals surface area contributed by atoms with Gasteiger partial charge in [0.1, 0.15) is 12.4 Å². The van der Waals surface area contributed by atoms with Gasteiger partial charge in [0.05, 0.1) is 5.56 Å². The van der Waals surface area contributed by atoms with Gasteiger partial charge in [0.2, 0.25) is 0 Å². The van der Waals surface area contributed by atoms with Crippen LogP contribution in [0.4, 0.5) is 0 Å². The minimum atomic E-state index is -0.343. The number of ether oxygens (including phenoxy) is 1. The van der Waals surface area contributed by atoms with Gasteiger partial charge in [0.15, 0.2) is 0 Å². The average Bonchev–Trinajstić information content (AvgIpc) is 2.46. The number of para-hydroxylation sites is 1. The first-order chi connectivity index (χ1) is 10.0. The smallest absolute Gasteiger partial charge is 0.268 e. The van der Waals surface area contributed by atoms with Crippen molar-refractivity contribution < 1.29 is 9.53 Å². The molecule has 0 saturated carbocycles. The van der Waals surface area contributed by atoms with Crippen molar-refractivity contribution in [2.24, 2.45) is 5.84 Å². The van der Waals surface area contributed by atoms with E-state index in [0.717, 1.165) is 26.1 Å². The Morgan fingerprint density at radius 1 is 1.19 bits per heavy atom. The van der Waals surface area contributed by atoms with Gasteiger partial charge < -0.3 is 14.5 Å². The van der Waals surface area contributed by atoms with E-state index in [0.29, 0.717) is 17.9 Å². The Morgan fingerprint density at radius 3 is 2.57 bits per heavy atom. The SMILES string of the molecule is CN(C)CCCN(C)CCOc1ccccc1C(=O)NN. The predicted molar refractivity (Wildman–Crippen MR) is 84.3 cm³/mol. The Morgan fingerprint density at radius 2 is 1.90 bits per heavy atom. The van der Waals surface area contributed by atoms with Gasteiger partial charge >= 0.3 is 0 Å². The molecular formula is C15H26N4O2. The summed E-state index contributed by atoms with van der Waals surface area (Å²) in [7, 11) is 6.21. The number of nitrogen functional groups attached to an aromatic ring is 1. The Kier molecular flexibility index (Phi) is 7.74. The zero-order valence-electron chi connectivity index (χ0n) is 13.1. The molecule has 0 aromatic heterocycles. The summed E-state index contributed by atoms with van der Waals surface area (Å²) in [5.74, 6) is 5.38. The second-order valence-corrected chi connectivity index (χ2v) is 5.28. The molecule has 1 aromatic carbocycles. The third-order valence-electron chi connectivity index (χ3n) is 3.14. The lowest BCUT2D eigenvalue weighted by atomic mass is 10.2. The second-order valence-electron chi connectivity index (χ2n) is 5.28. The molecular weight excluding hydrogens is 268 g/mol. The second kappa shape index (κ2) is 9.33. The molecule has 0 unspecified atom stereocenters. The minimum Gasteiger partial charge on any atom is -0.491 e. The van der Waals surface area contributed by atoms with Crippen LogP contribution < -0.4 is 16.0 Å². The van der Waals surface area contributed by atoms with E-state index < -0.39 is 0 Å². The van der Waals surface area contributed by atoms with Gasteiger partial charge in [-0.2, -0.15) is 0 Å². The molecule has 0 saturated heterocycles. The summed E-state index contributed by atoms with van der Waals surface area (Å²) in [5.41, 5.74) is 2.58. The highest BCUT2D eigenvalue weighted by molar-refractivity contribution is 5.96. The number of likely N-dealkylation sites (N-methyl/N-ethyl adjacent to an activating group) is 1. The van der Waals surface area contributed by atoms with E-state index in [4.69, 9.17) is 10.6 Å². The van der Waals surface area contributed by atoms with Crippen LogP contribution in [0.1, 0.15) is 16.8 Å². The number of hydrazine groups is 1. The van der Waals surface area contributed by atoms with E-state index in [9.17, 15) is 4.79 Å². The Labute approximate surface area is 126 Å². The van der Waals surface area contributed by atoms with Crippen molar-refractivity contribution in [3.63, 3.8) is 0 Å². The van der Waals surface area contributed by atoms with Crippen molar-refractivity contribution in [2.75, 3.05) is 47.4 Å². The molecule has 21 heavy (non-hydrogen) atoms. The standard InChI is InChI=1S/C15H26N4O2/c1-18(2)9-6-10-19(3)11-12-21-14-8-5-4-7-13(14)15(20)17-16/h4-5,7-8H,6,9-12,16H2,1-3H3,(H,17,20). The molecule has 0 atom stereocenters. The minimum absolute atomic E-state index is 0.343. The predicted octanol–water partition coefficient (Wildman–Crippen LogP) is 0.552. The highest BCUT2D eigenvalue weighted by atomic mass is 16.5. The van der Waals surface area contributed by atoms with Crippen molar-refractivity contribution in [3.05, 3.63) is 29.8 Å². The van der Waals surface area contributed by atoms with Gasteiger partial charge in [0.25, 0.3) is 5.91 Å². The van der Waals surface area contributed by atoms with E-state index >= 15 is 0 Å². The Balaban J connectivity index is 2.37. The first kappa shape index (κ1) is 17.4. The maximum absolute atomic E-state index is 11.6. The lowest BCUT2D eigenvalue weighted by molar-refractivity contribution is 0.0949. The zero-order chi connectivity index (χ0) is 15.7. The number of hydrogen-bond acceptors (Lipinski definition) is 5. The summed E-state index contributed by atoms with van der Waals surface area (Å²) < 4.78 is 5.69. The number of nitrogens with one attached hydrogen (secondary N) is 1. The summed E-state index contributed by atoms with van der Waals surface area (Å²) in [6.07, 6.45) is 1.12. The molecule has 0 aliphatic carbocycles. The van der Waals surface area contributed by atoms with Crippen LogP contribution >= 0.6 is 0 Å². The lowest BCUT2D eigenvalue weighted by Crippen LogP contribution is -2.31. The first-order valence-electron chi connectivity index (χ1n) is 7.10. The van der Waals surface area contributed by atoms with Crippen LogP contribution in [-0.2, 0) is 0 Å². The third kappa shape index (κ3) is 6.57. The number of amides is 1. The summed E-state index contributed by atoms with van der Waals surface area (Å²) in [5, 5.41) is 0. The number of carbonyl (C=O) groups excluding carboxylic acids is 1. The van der Waals surface area contributed by atoms with Gasteiger partial charge in [-0.1, -0.05) is 12.1 Å². The van der Waals surface area contributed by atoms with E-state index in [2.05, 4.69) is 36.4 Å². The molecule has 0 aliphatic rings. The molecule has 0 radical (unpaired) electrons. The molecule has 6 nitrogen and oxygen atoms in total. The molecule has 1 aromatic rings. The quantitative estimate of drug-likeness (QED) is 0.395. The zero-order valence-corrected chi connectivity index (χ0v) is 13.1. The van der Waals surface area contributed by atoms with Crippen molar-refractivity contribution >= 4 is 5.91 Å². The van der Waals surface area contributed by atoms with Crippen molar-refractivity contribution in [1.29, 1.82) is 0 Å². The van der Waals surface area contributed by atoms with Crippen molar-refractivity contribution in [1.82, 2.24) is 15.2 Å². The van der Waals surface area contributed by atoms with Crippen LogP contribution in [-0.4, -0.2) is 63.1 Å². The highest BCUT2D eigenvalue weighted by Crippen LogP contribution is 2.17. The van der Waals surface area contributed by atoms with Crippen LogP contribution in [0.5, 0.6) is 5.75 Å². The molecule has 0 heterocycles. The molecule has 1 amide bonds. The number of nitrogens with two attached hydrogens (primary N) is 1. The summed E-state index contributed by atoms with van der Waals surface area (Å²) in [6, 6.07) is 7.09. The highest BCUT2D eigenvalue weighted by Gasteiger charge is 2.10. The van der Waals surface area contributed by atoms with Crippen molar-refractivity contribution in [3.8, 4) is 5.75 Å². The van der Waals surface area contributed by atoms with Crippen LogP contribution in [0.2, 0.25) is 0 Å². The number of carbonyl (C=O) groups is 1. The van der Waals surface area contributed by atoms with E-state index in [1.54, 1.807) is 18.2 Å². The summed E-state index contributed by atoms with van der Waals surface area (Å²) >= 11 is 0. The largest absolute Gasteiger partial charge is 0.491 e. The van der Waals surface area contributed by atoms with E-state index in [1.807, 2.05) is 6.07 Å². The number of nitrogens with zero attached hydrogens (tertiary/aromatic N) is 2. The molecule has 1 rings (SSSR count). The molecule has 118 valence electrons. The van der Waals surface area contributed by atoms with Crippen LogP contribution in [0.25, 0.3) is 0 Å². The van der Waals surface area contributed by atoms with E-state index in [1.165, 1.54) is 0 Å². The van der Waals surface area contributed by atoms with Gasteiger partial charge in [-0.3, -0.25) is 10.2 Å². The fraction of sp³-hybridized carbons (Fsp3) is 0.533. The first-order valence-corrected chi connectivity index (χ1v) is 7.10. The molecule has 0 fully saturated rings. The Hall–Kier alpha value is -1.63. The molecule has 0 aliphatic heterocycles. The Bertz CT molecular complexity index is 437. The van der Waals surface area contributed by atoms with E-state index in [-0.39, 0.29) is 5.91 Å². The third-order valence-corrected chi connectivity index (χ3v) is 3.14. The van der Waals surface area contributed by atoms with Crippen LogP contribution in [0.3, 0.4) is 0 Å². The maximum atomic E-state index is 11.6. The fourth-order valence-electron chi connectivity index (χ4n) is 1.94. The van der Waals surface area contributed by atoms with Crippen LogP contribution in [0.15, 0.2) is 24.3 Å². The van der Waals surface area contributed by atoms with Crippen molar-refractivity contribution in [2.45, 2.75) is 6.42 Å². The summed E-state index contributed by atoms with van der Waals surface area (Å²) in [6.45, 7) is 3.44. The number of rotatable bonds is 9. The number of benzene rings is 1. The van der Waals surface area contributed by atoms with Gasteiger partial charge in [-0.25, -0.2) is 5.84 Å². The van der Waals surface area contributed by atoms with Gasteiger partial charge in [-0.15, -0.1) is 0 Å². The number of hydrogen-bond donors (Lipinski definition) is 2. The maximum Gasteiger partial charge on any atom is 0.268 e. The lowest BCUT2D eigenvalue weighted by Gasteiger charge is -2.18. The monoisotopic (exact) mass is 294 g/mol. The fourth-order valence-corrected chi connectivity index (χ4v) is 1.94.